The van der Waals surface area contributed by atoms with Crippen LogP contribution >= 0.6 is 0 Å². The van der Waals surface area contributed by atoms with Crippen LogP contribution in [-0.2, 0) is 12.8 Å². The molecule has 0 radical (unpaired) electrons. The Kier molecular flexibility index (Phi) is 5.04. The minimum Gasteiger partial charge on any atom is -0.316 e. The zero-order valence-electron chi connectivity index (χ0n) is 11.2. The summed E-state index contributed by atoms with van der Waals surface area (Å²) in [6.45, 7) is 3.82. The second-order valence-corrected chi connectivity index (χ2v) is 4.68. The van der Waals surface area contributed by atoms with Crippen molar-refractivity contribution < 1.29 is 4.39 Å². The van der Waals surface area contributed by atoms with Gasteiger partial charge in [-0.1, -0.05) is 6.07 Å². The van der Waals surface area contributed by atoms with Crippen molar-refractivity contribution in [2.24, 2.45) is 0 Å². The maximum absolute atomic E-state index is 13.0. The number of aromatic nitrogens is 1. The third-order valence-electron chi connectivity index (χ3n) is 3.22. The Morgan fingerprint density at radius 1 is 1.05 bits per heavy atom. The van der Waals surface area contributed by atoms with E-state index in [0.717, 1.165) is 31.5 Å². The Labute approximate surface area is 113 Å². The molecule has 0 unspecified atom stereocenters. The SMILES string of the molecule is Cc1cc(F)ccc1CCNCCc1ccncc1. The van der Waals surface area contributed by atoms with Crippen molar-refractivity contribution in [1.82, 2.24) is 10.3 Å². The molecule has 2 rings (SSSR count). The van der Waals surface area contributed by atoms with Crippen LogP contribution in [0.5, 0.6) is 0 Å². The average molecular weight is 258 g/mol. The first-order valence-corrected chi connectivity index (χ1v) is 6.60. The Morgan fingerprint density at radius 3 is 2.53 bits per heavy atom. The first-order chi connectivity index (χ1) is 9.25. The lowest BCUT2D eigenvalue weighted by Crippen LogP contribution is -2.20. The van der Waals surface area contributed by atoms with Gasteiger partial charge in [0.1, 0.15) is 5.82 Å². The van der Waals surface area contributed by atoms with Crippen molar-refractivity contribution in [3.8, 4) is 0 Å². The lowest BCUT2D eigenvalue weighted by molar-refractivity contribution is 0.624. The predicted octanol–water partition coefficient (Wildman–Crippen LogP) is 2.90. The van der Waals surface area contributed by atoms with Gasteiger partial charge in [0.15, 0.2) is 0 Å². The second-order valence-electron chi connectivity index (χ2n) is 4.68. The van der Waals surface area contributed by atoms with E-state index < -0.39 is 0 Å². The van der Waals surface area contributed by atoms with Gasteiger partial charge < -0.3 is 5.32 Å². The van der Waals surface area contributed by atoms with Crippen LogP contribution in [0.25, 0.3) is 0 Å². The first kappa shape index (κ1) is 13.7. The van der Waals surface area contributed by atoms with E-state index in [2.05, 4.69) is 10.3 Å². The number of aryl methyl sites for hydroxylation is 1. The van der Waals surface area contributed by atoms with Gasteiger partial charge in [-0.3, -0.25) is 4.98 Å². The van der Waals surface area contributed by atoms with Gasteiger partial charge in [-0.15, -0.1) is 0 Å². The smallest absolute Gasteiger partial charge is 0.123 e. The summed E-state index contributed by atoms with van der Waals surface area (Å²) in [7, 11) is 0. The highest BCUT2D eigenvalue weighted by Crippen LogP contribution is 2.10. The van der Waals surface area contributed by atoms with Gasteiger partial charge in [-0.2, -0.15) is 0 Å². The third-order valence-corrected chi connectivity index (χ3v) is 3.22. The molecule has 0 aliphatic rings. The number of pyridine rings is 1. The number of nitrogens with zero attached hydrogens (tertiary/aromatic N) is 1. The standard InChI is InChI=1S/C16H19FN2/c1-13-12-16(17)3-2-15(13)7-11-19-10-6-14-4-8-18-9-5-14/h2-5,8-9,12,19H,6-7,10-11H2,1H3. The molecule has 0 spiro atoms. The molecule has 1 aromatic carbocycles. The molecule has 2 nitrogen and oxygen atoms in total. The van der Waals surface area contributed by atoms with Crippen LogP contribution in [0.2, 0.25) is 0 Å². The van der Waals surface area contributed by atoms with Gasteiger partial charge >= 0.3 is 0 Å². The number of rotatable bonds is 6. The van der Waals surface area contributed by atoms with Crippen LogP contribution < -0.4 is 5.32 Å². The van der Waals surface area contributed by atoms with Crippen LogP contribution in [0, 0.1) is 12.7 Å². The van der Waals surface area contributed by atoms with Crippen LogP contribution in [0.15, 0.2) is 42.7 Å². The average Bonchev–Trinajstić information content (AvgIpc) is 2.42. The van der Waals surface area contributed by atoms with Crippen LogP contribution in [-0.4, -0.2) is 18.1 Å². The molecule has 0 aliphatic carbocycles. The zero-order valence-corrected chi connectivity index (χ0v) is 11.2. The normalized spacial score (nSPS) is 10.6. The number of nitrogens with one attached hydrogen (secondary N) is 1. The summed E-state index contributed by atoms with van der Waals surface area (Å²) in [5.74, 6) is -0.160. The second kappa shape index (κ2) is 7.00. The maximum Gasteiger partial charge on any atom is 0.123 e. The van der Waals surface area contributed by atoms with E-state index in [9.17, 15) is 4.39 Å². The molecule has 0 aliphatic heterocycles. The minimum atomic E-state index is -0.160. The third kappa shape index (κ3) is 4.45. The number of hydrogen-bond donors (Lipinski definition) is 1. The highest BCUT2D eigenvalue weighted by atomic mass is 19.1. The van der Waals surface area contributed by atoms with Gasteiger partial charge in [0.2, 0.25) is 0 Å². The van der Waals surface area contributed by atoms with Gasteiger partial charge in [0.25, 0.3) is 0 Å². The molecule has 100 valence electrons. The minimum absolute atomic E-state index is 0.160. The van der Waals surface area contributed by atoms with Crippen molar-refractivity contribution in [2.75, 3.05) is 13.1 Å². The zero-order chi connectivity index (χ0) is 13.5. The largest absolute Gasteiger partial charge is 0.316 e. The Bertz CT molecular complexity index is 511. The van der Waals surface area contributed by atoms with E-state index in [4.69, 9.17) is 0 Å². The molecule has 1 heterocycles. The van der Waals surface area contributed by atoms with E-state index in [-0.39, 0.29) is 5.82 Å². The van der Waals surface area contributed by atoms with E-state index in [1.165, 1.54) is 17.2 Å². The summed E-state index contributed by atoms with van der Waals surface area (Å²) in [6, 6.07) is 9.05. The number of halogens is 1. The molecular formula is C16H19FN2. The van der Waals surface area contributed by atoms with E-state index in [1.54, 1.807) is 6.07 Å². The topological polar surface area (TPSA) is 24.9 Å². The monoisotopic (exact) mass is 258 g/mol. The van der Waals surface area contributed by atoms with Crippen LogP contribution in [0.4, 0.5) is 4.39 Å². The summed E-state index contributed by atoms with van der Waals surface area (Å²) in [5, 5.41) is 3.41. The molecule has 1 N–H and O–H groups in total. The molecule has 0 saturated heterocycles. The molecule has 1 aromatic heterocycles. The lowest BCUT2D eigenvalue weighted by atomic mass is 10.1. The molecular weight excluding hydrogens is 239 g/mol. The fourth-order valence-corrected chi connectivity index (χ4v) is 2.07. The Morgan fingerprint density at radius 2 is 1.79 bits per heavy atom. The number of benzene rings is 1. The summed E-state index contributed by atoms with van der Waals surface area (Å²) >= 11 is 0. The maximum atomic E-state index is 13.0. The van der Waals surface area contributed by atoms with Crippen LogP contribution in [0.3, 0.4) is 0 Å². The summed E-state index contributed by atoms with van der Waals surface area (Å²) in [5.41, 5.74) is 3.52. The molecule has 0 amide bonds. The Balaban J connectivity index is 1.69. The highest BCUT2D eigenvalue weighted by molar-refractivity contribution is 5.26. The molecule has 0 saturated carbocycles. The molecule has 0 atom stereocenters. The van der Waals surface area contributed by atoms with Crippen molar-refractivity contribution >= 4 is 0 Å². The molecule has 3 heteroatoms. The van der Waals surface area contributed by atoms with Crippen molar-refractivity contribution in [3.05, 3.63) is 65.2 Å². The van der Waals surface area contributed by atoms with Crippen molar-refractivity contribution in [2.45, 2.75) is 19.8 Å². The molecule has 0 bridgehead atoms. The summed E-state index contributed by atoms with van der Waals surface area (Å²) < 4.78 is 13.0. The molecule has 19 heavy (non-hydrogen) atoms. The fraction of sp³-hybridized carbons (Fsp3) is 0.312. The summed E-state index contributed by atoms with van der Waals surface area (Å²) in [4.78, 5) is 4.00. The predicted molar refractivity (Wildman–Crippen MR) is 75.7 cm³/mol. The van der Waals surface area contributed by atoms with Crippen LogP contribution in [0.1, 0.15) is 16.7 Å². The molecule has 0 fully saturated rings. The number of hydrogen-bond acceptors (Lipinski definition) is 2. The molecule has 2 aromatic rings. The lowest BCUT2D eigenvalue weighted by Gasteiger charge is -2.07. The van der Waals surface area contributed by atoms with E-state index in [1.807, 2.05) is 37.5 Å². The Hall–Kier alpha value is -1.74. The first-order valence-electron chi connectivity index (χ1n) is 6.60. The van der Waals surface area contributed by atoms with Gasteiger partial charge in [0.05, 0.1) is 0 Å². The summed E-state index contributed by atoms with van der Waals surface area (Å²) in [6.07, 6.45) is 5.57. The van der Waals surface area contributed by atoms with Gasteiger partial charge in [-0.05, 0) is 73.8 Å². The fourth-order valence-electron chi connectivity index (χ4n) is 2.07. The van der Waals surface area contributed by atoms with E-state index >= 15 is 0 Å². The van der Waals surface area contributed by atoms with Crippen molar-refractivity contribution in [1.29, 1.82) is 0 Å². The van der Waals surface area contributed by atoms with E-state index in [0.29, 0.717) is 0 Å². The highest BCUT2D eigenvalue weighted by Gasteiger charge is 1.99. The van der Waals surface area contributed by atoms with Gasteiger partial charge in [-0.25, -0.2) is 4.39 Å². The quantitative estimate of drug-likeness (QED) is 0.806. The van der Waals surface area contributed by atoms with Crippen molar-refractivity contribution in [3.63, 3.8) is 0 Å². The van der Waals surface area contributed by atoms with Gasteiger partial charge in [0, 0.05) is 12.4 Å².